The Labute approximate surface area is 135 Å². The SMILES string of the molecule is O=C(C(=Nc1ccccc1)Nc1ccccc1)c1ccccc1. The van der Waals surface area contributed by atoms with E-state index in [-0.39, 0.29) is 5.78 Å². The standard InChI is InChI=1S/C20H16N2O/c23-19(16-10-4-1-5-11-16)20(21-17-12-6-2-7-13-17)22-18-14-8-3-9-15-18/h1-15H,(H,21,22). The largest absolute Gasteiger partial charge is 0.337 e. The van der Waals surface area contributed by atoms with Crippen LogP contribution in [0, 0.1) is 0 Å². The van der Waals surface area contributed by atoms with Crippen molar-refractivity contribution >= 4 is 23.0 Å². The van der Waals surface area contributed by atoms with Gasteiger partial charge in [0.2, 0.25) is 5.78 Å². The van der Waals surface area contributed by atoms with Crippen molar-refractivity contribution in [1.29, 1.82) is 0 Å². The van der Waals surface area contributed by atoms with Gasteiger partial charge in [-0.25, -0.2) is 4.99 Å². The average molecular weight is 300 g/mol. The highest BCUT2D eigenvalue weighted by atomic mass is 16.1. The molecule has 3 heteroatoms. The summed E-state index contributed by atoms with van der Waals surface area (Å²) in [5.41, 5.74) is 2.16. The summed E-state index contributed by atoms with van der Waals surface area (Å²) >= 11 is 0. The van der Waals surface area contributed by atoms with Crippen LogP contribution in [0.4, 0.5) is 11.4 Å². The summed E-state index contributed by atoms with van der Waals surface area (Å²) in [6.07, 6.45) is 0. The number of amidine groups is 1. The number of carbonyl (C=O) groups is 1. The average Bonchev–Trinajstić information content (AvgIpc) is 2.63. The number of aliphatic imine (C=N–C) groups is 1. The van der Waals surface area contributed by atoms with Gasteiger partial charge >= 0.3 is 0 Å². The van der Waals surface area contributed by atoms with Crippen molar-refractivity contribution < 1.29 is 4.79 Å². The Morgan fingerprint density at radius 2 is 1.22 bits per heavy atom. The first-order valence-electron chi connectivity index (χ1n) is 7.38. The number of hydrogen-bond acceptors (Lipinski definition) is 2. The van der Waals surface area contributed by atoms with Crippen LogP contribution in [0.2, 0.25) is 0 Å². The number of nitrogens with one attached hydrogen (secondary N) is 1. The second kappa shape index (κ2) is 7.18. The van der Waals surface area contributed by atoms with Gasteiger partial charge in [-0.3, -0.25) is 4.79 Å². The van der Waals surface area contributed by atoms with Crippen molar-refractivity contribution in [1.82, 2.24) is 0 Å². The number of anilines is 1. The Kier molecular flexibility index (Phi) is 4.60. The van der Waals surface area contributed by atoms with E-state index in [0.717, 1.165) is 11.4 Å². The molecule has 3 aromatic rings. The Hall–Kier alpha value is -3.20. The molecule has 0 bridgehead atoms. The molecule has 0 saturated heterocycles. The van der Waals surface area contributed by atoms with Crippen LogP contribution in [-0.4, -0.2) is 11.6 Å². The van der Waals surface area contributed by atoms with Gasteiger partial charge in [0.1, 0.15) is 0 Å². The highest BCUT2D eigenvalue weighted by molar-refractivity contribution is 6.49. The molecule has 0 aliphatic carbocycles. The fraction of sp³-hybridized carbons (Fsp3) is 0. The molecular weight excluding hydrogens is 284 g/mol. The van der Waals surface area contributed by atoms with E-state index in [1.807, 2.05) is 78.9 Å². The molecule has 0 amide bonds. The van der Waals surface area contributed by atoms with Gasteiger partial charge < -0.3 is 5.32 Å². The molecule has 23 heavy (non-hydrogen) atoms. The maximum absolute atomic E-state index is 12.8. The lowest BCUT2D eigenvalue weighted by molar-refractivity contribution is 0.106. The van der Waals surface area contributed by atoms with Crippen molar-refractivity contribution in [3.8, 4) is 0 Å². The fourth-order valence-corrected chi connectivity index (χ4v) is 2.15. The number of nitrogens with zero attached hydrogens (tertiary/aromatic N) is 1. The van der Waals surface area contributed by atoms with Crippen LogP contribution in [0.15, 0.2) is 96.0 Å². The van der Waals surface area contributed by atoms with Crippen LogP contribution >= 0.6 is 0 Å². The van der Waals surface area contributed by atoms with E-state index in [0.29, 0.717) is 11.4 Å². The first-order valence-corrected chi connectivity index (χ1v) is 7.38. The van der Waals surface area contributed by atoms with Crippen LogP contribution in [0.5, 0.6) is 0 Å². The van der Waals surface area contributed by atoms with E-state index >= 15 is 0 Å². The quantitative estimate of drug-likeness (QED) is 0.430. The summed E-state index contributed by atoms with van der Waals surface area (Å²) in [4.78, 5) is 17.2. The smallest absolute Gasteiger partial charge is 0.228 e. The summed E-state index contributed by atoms with van der Waals surface area (Å²) < 4.78 is 0. The molecule has 0 heterocycles. The lowest BCUT2D eigenvalue weighted by Gasteiger charge is -2.09. The first kappa shape index (κ1) is 14.7. The molecule has 0 unspecified atom stereocenters. The Morgan fingerprint density at radius 3 is 1.83 bits per heavy atom. The highest BCUT2D eigenvalue weighted by Crippen LogP contribution is 2.14. The maximum atomic E-state index is 12.8. The zero-order chi connectivity index (χ0) is 15.9. The van der Waals surface area contributed by atoms with E-state index in [9.17, 15) is 4.79 Å². The predicted molar refractivity (Wildman–Crippen MR) is 94.4 cm³/mol. The Bertz CT molecular complexity index is 797. The van der Waals surface area contributed by atoms with Gasteiger partial charge in [0.15, 0.2) is 5.84 Å². The molecule has 0 radical (unpaired) electrons. The molecule has 0 spiro atoms. The van der Waals surface area contributed by atoms with Gasteiger partial charge in [-0.1, -0.05) is 66.7 Å². The molecule has 112 valence electrons. The molecule has 1 N–H and O–H groups in total. The minimum absolute atomic E-state index is 0.140. The molecule has 3 rings (SSSR count). The molecule has 0 saturated carbocycles. The molecule has 0 fully saturated rings. The van der Waals surface area contributed by atoms with Crippen LogP contribution in [-0.2, 0) is 0 Å². The van der Waals surface area contributed by atoms with E-state index in [1.54, 1.807) is 12.1 Å². The van der Waals surface area contributed by atoms with E-state index in [4.69, 9.17) is 0 Å². The monoisotopic (exact) mass is 300 g/mol. The predicted octanol–water partition coefficient (Wildman–Crippen LogP) is 4.71. The normalized spacial score (nSPS) is 11.0. The number of carbonyl (C=O) groups excluding carboxylic acids is 1. The number of benzene rings is 3. The first-order chi connectivity index (χ1) is 11.3. The van der Waals surface area contributed by atoms with E-state index in [1.165, 1.54) is 0 Å². The van der Waals surface area contributed by atoms with Gasteiger partial charge in [0.25, 0.3) is 0 Å². The van der Waals surface area contributed by atoms with Crippen molar-refractivity contribution in [2.24, 2.45) is 4.99 Å². The molecule has 0 aliphatic heterocycles. The second-order valence-electron chi connectivity index (χ2n) is 4.98. The number of rotatable bonds is 4. The van der Waals surface area contributed by atoms with Crippen molar-refractivity contribution in [3.63, 3.8) is 0 Å². The van der Waals surface area contributed by atoms with Gasteiger partial charge in [-0.05, 0) is 24.3 Å². The Morgan fingerprint density at radius 1 is 0.696 bits per heavy atom. The van der Waals surface area contributed by atoms with Crippen molar-refractivity contribution in [2.45, 2.75) is 0 Å². The number of Topliss-reactive ketones (excluding diaryl/α,β-unsaturated/α-hetero) is 1. The third kappa shape index (κ3) is 3.92. The molecule has 0 atom stereocenters. The zero-order valence-corrected chi connectivity index (χ0v) is 12.5. The van der Waals surface area contributed by atoms with Gasteiger partial charge in [-0.15, -0.1) is 0 Å². The van der Waals surface area contributed by atoms with Crippen LogP contribution in [0.25, 0.3) is 0 Å². The number of hydrogen-bond donors (Lipinski definition) is 1. The number of ketones is 1. The second-order valence-corrected chi connectivity index (χ2v) is 4.98. The minimum Gasteiger partial charge on any atom is -0.337 e. The highest BCUT2D eigenvalue weighted by Gasteiger charge is 2.14. The fourth-order valence-electron chi connectivity index (χ4n) is 2.15. The molecule has 3 aromatic carbocycles. The minimum atomic E-state index is -0.140. The van der Waals surface area contributed by atoms with Gasteiger partial charge in [-0.2, -0.15) is 0 Å². The summed E-state index contributed by atoms with van der Waals surface area (Å²) in [6.45, 7) is 0. The van der Waals surface area contributed by atoms with Crippen molar-refractivity contribution in [3.05, 3.63) is 96.6 Å². The van der Waals surface area contributed by atoms with Gasteiger partial charge in [0.05, 0.1) is 5.69 Å². The molecule has 0 aliphatic rings. The van der Waals surface area contributed by atoms with Crippen molar-refractivity contribution in [2.75, 3.05) is 5.32 Å². The Balaban J connectivity index is 1.96. The van der Waals surface area contributed by atoms with E-state index < -0.39 is 0 Å². The molecule has 0 aromatic heterocycles. The van der Waals surface area contributed by atoms with E-state index in [2.05, 4.69) is 10.3 Å². The van der Waals surface area contributed by atoms with Crippen LogP contribution in [0.3, 0.4) is 0 Å². The van der Waals surface area contributed by atoms with Crippen LogP contribution < -0.4 is 5.32 Å². The molecular formula is C20H16N2O. The third-order valence-corrected chi connectivity index (χ3v) is 3.28. The summed E-state index contributed by atoms with van der Waals surface area (Å²) in [7, 11) is 0. The topological polar surface area (TPSA) is 41.5 Å². The number of para-hydroxylation sites is 2. The molecule has 3 nitrogen and oxygen atoms in total. The van der Waals surface area contributed by atoms with Gasteiger partial charge in [0, 0.05) is 11.3 Å². The maximum Gasteiger partial charge on any atom is 0.228 e. The third-order valence-electron chi connectivity index (χ3n) is 3.28. The summed E-state index contributed by atoms with van der Waals surface area (Å²) in [6, 6.07) is 28.1. The lowest BCUT2D eigenvalue weighted by atomic mass is 10.1. The summed E-state index contributed by atoms with van der Waals surface area (Å²) in [5.74, 6) is 0.159. The lowest BCUT2D eigenvalue weighted by Crippen LogP contribution is -2.23. The van der Waals surface area contributed by atoms with Crippen LogP contribution in [0.1, 0.15) is 10.4 Å². The zero-order valence-electron chi connectivity index (χ0n) is 12.5. The summed E-state index contributed by atoms with van der Waals surface area (Å²) in [5, 5.41) is 3.13.